The van der Waals surface area contributed by atoms with Crippen LogP contribution in [0.4, 0.5) is 0 Å². The number of piperidine rings is 1. The van der Waals surface area contributed by atoms with E-state index in [1.807, 2.05) is 6.07 Å². The first-order valence-electron chi connectivity index (χ1n) is 10.7. The van der Waals surface area contributed by atoms with Crippen molar-refractivity contribution in [2.45, 2.75) is 44.7 Å². The molecule has 0 aromatic heterocycles. The normalized spacial score (nSPS) is 25.0. The average molecular weight is 397 g/mol. The van der Waals surface area contributed by atoms with Crippen molar-refractivity contribution in [2.75, 3.05) is 34.4 Å². The first-order chi connectivity index (χ1) is 14.0. The molecule has 0 radical (unpaired) electrons. The lowest BCUT2D eigenvalue weighted by atomic mass is 9.63. The fraction of sp³-hybridized carbons (Fsp3) is 0.520. The van der Waals surface area contributed by atoms with Gasteiger partial charge in [0.05, 0.1) is 14.2 Å². The van der Waals surface area contributed by atoms with Gasteiger partial charge in [0.2, 0.25) is 0 Å². The lowest BCUT2D eigenvalue weighted by Crippen LogP contribution is -2.52. The van der Waals surface area contributed by atoms with E-state index in [2.05, 4.69) is 73.6 Å². The van der Waals surface area contributed by atoms with E-state index in [-0.39, 0.29) is 5.41 Å². The van der Waals surface area contributed by atoms with Gasteiger partial charge in [-0.15, -0.1) is 0 Å². The Morgan fingerprint density at radius 3 is 2.45 bits per heavy atom. The number of hydrogen-bond acceptors (Lipinski definition) is 4. The maximum atomic E-state index is 5.43. The van der Waals surface area contributed by atoms with Crippen molar-refractivity contribution in [3.05, 3.63) is 59.7 Å². The summed E-state index contributed by atoms with van der Waals surface area (Å²) in [5.41, 5.74) is 2.92. The van der Waals surface area contributed by atoms with Gasteiger partial charge in [-0.05, 0) is 62.5 Å². The number of nitrogens with one attached hydrogen (secondary N) is 1. The van der Waals surface area contributed by atoms with Crippen LogP contribution in [-0.4, -0.2) is 45.3 Å². The highest BCUT2D eigenvalue weighted by molar-refractivity contribution is 5.42. The van der Waals surface area contributed by atoms with Crippen molar-refractivity contribution in [1.29, 1.82) is 0 Å². The van der Waals surface area contributed by atoms with E-state index >= 15 is 0 Å². The van der Waals surface area contributed by atoms with Crippen LogP contribution in [0.15, 0.2) is 48.5 Å². The number of ether oxygens (including phenoxy) is 2. The van der Waals surface area contributed by atoms with Gasteiger partial charge in [0.15, 0.2) is 11.5 Å². The van der Waals surface area contributed by atoms with Crippen molar-refractivity contribution >= 4 is 0 Å². The van der Waals surface area contributed by atoms with Gasteiger partial charge in [0.25, 0.3) is 0 Å². The highest BCUT2D eigenvalue weighted by atomic mass is 16.5. The third-order valence-corrected chi connectivity index (χ3v) is 6.79. The lowest BCUT2D eigenvalue weighted by molar-refractivity contribution is 0.0689. The van der Waals surface area contributed by atoms with Crippen LogP contribution in [-0.2, 0) is 12.0 Å². The van der Waals surface area contributed by atoms with Crippen LogP contribution in [0, 0.1) is 5.92 Å². The van der Waals surface area contributed by atoms with Crippen LogP contribution in [0.2, 0.25) is 0 Å². The Morgan fingerprint density at radius 2 is 1.76 bits per heavy atom. The zero-order valence-electron chi connectivity index (χ0n) is 18.6. The second kappa shape index (κ2) is 9.64. The summed E-state index contributed by atoms with van der Waals surface area (Å²) < 4.78 is 10.8. The molecule has 1 aliphatic rings. The van der Waals surface area contributed by atoms with E-state index in [0.29, 0.717) is 12.0 Å². The van der Waals surface area contributed by atoms with Crippen LogP contribution >= 0.6 is 0 Å². The van der Waals surface area contributed by atoms with Crippen molar-refractivity contribution < 1.29 is 9.47 Å². The Hall–Kier alpha value is -2.04. The van der Waals surface area contributed by atoms with Crippen molar-refractivity contribution in [3.8, 4) is 11.5 Å². The van der Waals surface area contributed by atoms with Crippen molar-refractivity contribution in [2.24, 2.45) is 5.92 Å². The zero-order valence-corrected chi connectivity index (χ0v) is 18.6. The summed E-state index contributed by atoms with van der Waals surface area (Å²) in [5.74, 6) is 2.17. The molecule has 0 bridgehead atoms. The highest BCUT2D eigenvalue weighted by Gasteiger charge is 2.43. The van der Waals surface area contributed by atoms with E-state index in [1.165, 1.54) is 17.5 Å². The molecule has 3 rings (SSSR count). The van der Waals surface area contributed by atoms with Gasteiger partial charge in [0, 0.05) is 24.5 Å². The minimum absolute atomic E-state index is 0.220. The molecule has 4 heteroatoms. The van der Waals surface area contributed by atoms with E-state index < -0.39 is 0 Å². The second-order valence-corrected chi connectivity index (χ2v) is 8.53. The van der Waals surface area contributed by atoms with Crippen LogP contribution in [0.5, 0.6) is 11.5 Å². The molecule has 2 aromatic carbocycles. The van der Waals surface area contributed by atoms with Crippen LogP contribution < -0.4 is 14.8 Å². The second-order valence-electron chi connectivity index (χ2n) is 8.53. The summed E-state index contributed by atoms with van der Waals surface area (Å²) in [6, 6.07) is 17.9. The van der Waals surface area contributed by atoms with Crippen LogP contribution in [0.1, 0.15) is 37.8 Å². The summed E-state index contributed by atoms with van der Waals surface area (Å²) in [7, 11) is 5.61. The van der Waals surface area contributed by atoms with Crippen LogP contribution in [0.3, 0.4) is 0 Å². The predicted molar refractivity (Wildman–Crippen MR) is 120 cm³/mol. The molecular formula is C25H36N2O2. The van der Waals surface area contributed by atoms with Crippen molar-refractivity contribution in [3.63, 3.8) is 0 Å². The quantitative estimate of drug-likeness (QED) is 0.667. The lowest BCUT2D eigenvalue weighted by Gasteiger charge is -2.50. The number of rotatable bonds is 8. The van der Waals surface area contributed by atoms with Gasteiger partial charge in [-0.1, -0.05) is 43.3 Å². The summed E-state index contributed by atoms with van der Waals surface area (Å²) in [6.07, 6.45) is 2.34. The fourth-order valence-corrected chi connectivity index (χ4v) is 4.87. The Balaban J connectivity index is 1.69. The zero-order chi connectivity index (χ0) is 20.9. The molecule has 158 valence electrons. The van der Waals surface area contributed by atoms with E-state index in [4.69, 9.17) is 9.47 Å². The highest BCUT2D eigenvalue weighted by Crippen LogP contribution is 2.44. The number of hydrogen-bond donors (Lipinski definition) is 1. The average Bonchev–Trinajstić information content (AvgIpc) is 2.75. The monoisotopic (exact) mass is 396 g/mol. The molecule has 0 spiro atoms. The molecule has 0 saturated carbocycles. The molecule has 1 fully saturated rings. The standard InChI is InChI=1S/C25H36N2O2/c1-19-18-27(3)20(2)16-25(19,22-9-7-6-8-10-22)13-14-26-17-21-11-12-23(28-4)24(15-21)29-5/h6-12,15,19-20,26H,13-14,16-18H2,1-5H3. The van der Waals surface area contributed by atoms with Gasteiger partial charge in [-0.3, -0.25) is 0 Å². The number of methoxy groups -OCH3 is 2. The number of benzene rings is 2. The van der Waals surface area contributed by atoms with Crippen molar-refractivity contribution in [1.82, 2.24) is 10.2 Å². The Labute approximate surface area is 176 Å². The molecular weight excluding hydrogens is 360 g/mol. The summed E-state index contributed by atoms with van der Waals surface area (Å²) >= 11 is 0. The first-order valence-corrected chi connectivity index (χ1v) is 10.7. The topological polar surface area (TPSA) is 33.7 Å². The Bertz CT molecular complexity index is 780. The Morgan fingerprint density at radius 1 is 1.03 bits per heavy atom. The minimum Gasteiger partial charge on any atom is -0.493 e. The van der Waals surface area contributed by atoms with Gasteiger partial charge in [0.1, 0.15) is 0 Å². The molecule has 1 N–H and O–H groups in total. The fourth-order valence-electron chi connectivity index (χ4n) is 4.87. The van der Waals surface area contributed by atoms with E-state index in [0.717, 1.165) is 37.6 Å². The van der Waals surface area contributed by atoms with Gasteiger partial charge in [-0.2, -0.15) is 0 Å². The summed E-state index contributed by atoms with van der Waals surface area (Å²) in [6.45, 7) is 7.75. The SMILES string of the molecule is COc1ccc(CNCCC2(c3ccccc3)CC(C)N(C)CC2C)cc1OC. The summed E-state index contributed by atoms with van der Waals surface area (Å²) in [4.78, 5) is 2.50. The molecule has 4 nitrogen and oxygen atoms in total. The smallest absolute Gasteiger partial charge is 0.161 e. The third-order valence-electron chi connectivity index (χ3n) is 6.79. The van der Waals surface area contributed by atoms with Crippen LogP contribution in [0.25, 0.3) is 0 Å². The number of nitrogens with zero attached hydrogens (tertiary/aromatic N) is 1. The molecule has 0 aliphatic carbocycles. The van der Waals surface area contributed by atoms with Gasteiger partial charge >= 0.3 is 0 Å². The largest absolute Gasteiger partial charge is 0.493 e. The maximum absolute atomic E-state index is 5.43. The molecule has 1 heterocycles. The molecule has 1 aliphatic heterocycles. The molecule has 3 atom stereocenters. The predicted octanol–water partition coefficient (Wildman–Crippen LogP) is 4.48. The number of likely N-dealkylation sites (tertiary alicyclic amines) is 1. The third kappa shape index (κ3) is 4.76. The van der Waals surface area contributed by atoms with Gasteiger partial charge in [-0.25, -0.2) is 0 Å². The molecule has 2 aromatic rings. The van der Waals surface area contributed by atoms with E-state index in [1.54, 1.807) is 14.2 Å². The first kappa shape index (κ1) is 21.7. The molecule has 0 amide bonds. The maximum Gasteiger partial charge on any atom is 0.161 e. The van der Waals surface area contributed by atoms with Gasteiger partial charge < -0.3 is 19.7 Å². The molecule has 29 heavy (non-hydrogen) atoms. The minimum atomic E-state index is 0.220. The Kier molecular flexibility index (Phi) is 7.20. The summed E-state index contributed by atoms with van der Waals surface area (Å²) in [5, 5.41) is 3.67. The molecule has 1 saturated heterocycles. The molecule has 3 unspecified atom stereocenters. The van der Waals surface area contributed by atoms with E-state index in [9.17, 15) is 0 Å².